The topological polar surface area (TPSA) is 41.6 Å². The number of hydrogen-bond donors (Lipinski definition) is 1. The third kappa shape index (κ3) is 3.97. The van der Waals surface area contributed by atoms with Crippen molar-refractivity contribution < 1.29 is 4.39 Å². The Balaban J connectivity index is 2.37. The summed E-state index contributed by atoms with van der Waals surface area (Å²) in [7, 11) is 0. The molecule has 1 aliphatic heterocycles. The first kappa shape index (κ1) is 18.5. The summed E-state index contributed by atoms with van der Waals surface area (Å²) < 4.78 is 14.1. The van der Waals surface area contributed by atoms with E-state index in [0.29, 0.717) is 11.5 Å². The second-order valence-corrected chi connectivity index (χ2v) is 7.34. The minimum Gasteiger partial charge on any atom is -0.390 e. The summed E-state index contributed by atoms with van der Waals surface area (Å²) >= 11 is 0. The van der Waals surface area contributed by atoms with Gasteiger partial charge in [-0.05, 0) is 56.2 Å². The number of halogens is 1. The number of benzene rings is 1. The van der Waals surface area contributed by atoms with Crippen LogP contribution in [0.15, 0.2) is 40.7 Å². The summed E-state index contributed by atoms with van der Waals surface area (Å²) in [6.07, 6.45) is 3.39. The summed E-state index contributed by atoms with van der Waals surface area (Å²) in [6.45, 7) is 10.6. The summed E-state index contributed by atoms with van der Waals surface area (Å²) in [6, 6.07) is 8.17. The van der Waals surface area contributed by atoms with Gasteiger partial charge < -0.3 is 10.6 Å². The van der Waals surface area contributed by atoms with E-state index in [2.05, 4.69) is 42.8 Å². The van der Waals surface area contributed by atoms with Crippen LogP contribution in [0, 0.1) is 5.92 Å². The lowest BCUT2D eigenvalue weighted by molar-refractivity contribution is 0.221. The van der Waals surface area contributed by atoms with Gasteiger partial charge in [-0.2, -0.15) is 0 Å². The van der Waals surface area contributed by atoms with Crippen molar-refractivity contribution in [3.63, 3.8) is 0 Å². The first-order chi connectivity index (χ1) is 11.3. The lowest BCUT2D eigenvalue weighted by Crippen LogP contribution is -2.24. The Labute approximate surface area is 145 Å². The molecule has 0 aliphatic carbocycles. The van der Waals surface area contributed by atoms with Crippen LogP contribution in [0.1, 0.15) is 64.6 Å². The molecule has 0 saturated carbocycles. The Morgan fingerprint density at radius 1 is 1.38 bits per heavy atom. The second kappa shape index (κ2) is 7.37. The van der Waals surface area contributed by atoms with Crippen LogP contribution in [-0.2, 0) is 5.67 Å². The standard InChI is InChI=1S/C20H30FN3/c1-6-15(3)19(23-13-22)24-12-14(2)11-18(24)16-7-9-17(10-8-16)20(4,5)21/h7-10,13-14,18H,6,11-12H2,1-5H3,(H2,22,23)/b19-15+. The zero-order valence-corrected chi connectivity index (χ0v) is 15.5. The van der Waals surface area contributed by atoms with E-state index in [-0.39, 0.29) is 6.04 Å². The molecule has 1 aromatic carbocycles. The fourth-order valence-electron chi connectivity index (χ4n) is 3.36. The summed E-state index contributed by atoms with van der Waals surface area (Å²) in [5.41, 5.74) is 7.43. The van der Waals surface area contributed by atoms with E-state index >= 15 is 0 Å². The number of allylic oxidation sites excluding steroid dienone is 1. The Bertz CT molecular complexity index is 611. The molecular weight excluding hydrogens is 301 g/mol. The third-order valence-electron chi connectivity index (χ3n) is 4.87. The van der Waals surface area contributed by atoms with Crippen LogP contribution in [0.25, 0.3) is 0 Å². The van der Waals surface area contributed by atoms with Crippen molar-refractivity contribution in [1.29, 1.82) is 0 Å². The molecule has 1 saturated heterocycles. The second-order valence-electron chi connectivity index (χ2n) is 7.34. The summed E-state index contributed by atoms with van der Waals surface area (Å²) in [5.74, 6) is 1.56. The summed E-state index contributed by atoms with van der Waals surface area (Å²) in [5, 5.41) is 0. The maximum atomic E-state index is 14.1. The highest BCUT2D eigenvalue weighted by molar-refractivity contribution is 5.53. The monoisotopic (exact) mass is 331 g/mol. The Morgan fingerprint density at radius 2 is 2.00 bits per heavy atom. The molecule has 0 bridgehead atoms. The SMILES string of the molecule is CC/C(C)=C(\N=C/N)N1CC(C)CC1c1ccc(C(C)(C)F)cc1. The van der Waals surface area contributed by atoms with E-state index in [9.17, 15) is 4.39 Å². The van der Waals surface area contributed by atoms with E-state index in [0.717, 1.165) is 25.2 Å². The van der Waals surface area contributed by atoms with Gasteiger partial charge >= 0.3 is 0 Å². The fourth-order valence-corrected chi connectivity index (χ4v) is 3.36. The maximum absolute atomic E-state index is 14.1. The number of alkyl halides is 1. The number of nitrogens with zero attached hydrogens (tertiary/aromatic N) is 2. The van der Waals surface area contributed by atoms with Gasteiger partial charge in [0.1, 0.15) is 11.5 Å². The van der Waals surface area contributed by atoms with Crippen LogP contribution < -0.4 is 5.73 Å². The molecular formula is C20H30FN3. The molecule has 2 unspecified atom stereocenters. The fraction of sp³-hybridized carbons (Fsp3) is 0.550. The predicted octanol–water partition coefficient (Wildman–Crippen LogP) is 4.90. The van der Waals surface area contributed by atoms with Crippen molar-refractivity contribution in [3.05, 3.63) is 46.8 Å². The molecule has 132 valence electrons. The minimum absolute atomic E-state index is 0.261. The van der Waals surface area contributed by atoms with Crippen LogP contribution >= 0.6 is 0 Å². The molecule has 0 aromatic heterocycles. The summed E-state index contributed by atoms with van der Waals surface area (Å²) in [4.78, 5) is 6.79. The molecule has 2 N–H and O–H groups in total. The van der Waals surface area contributed by atoms with Gasteiger partial charge in [0.25, 0.3) is 0 Å². The van der Waals surface area contributed by atoms with Gasteiger partial charge in [0, 0.05) is 6.54 Å². The zero-order chi connectivity index (χ0) is 17.9. The van der Waals surface area contributed by atoms with Crippen LogP contribution in [-0.4, -0.2) is 17.8 Å². The van der Waals surface area contributed by atoms with Crippen LogP contribution in [0.5, 0.6) is 0 Å². The van der Waals surface area contributed by atoms with Crippen molar-refractivity contribution in [3.8, 4) is 0 Å². The molecule has 0 amide bonds. The van der Waals surface area contributed by atoms with Crippen molar-refractivity contribution in [2.75, 3.05) is 6.54 Å². The van der Waals surface area contributed by atoms with Crippen LogP contribution in [0.4, 0.5) is 4.39 Å². The molecule has 2 rings (SSSR count). The molecule has 1 heterocycles. The molecule has 1 aliphatic rings. The number of nitrogens with two attached hydrogens (primary N) is 1. The van der Waals surface area contributed by atoms with Crippen molar-refractivity contribution >= 4 is 6.34 Å². The van der Waals surface area contributed by atoms with E-state index < -0.39 is 5.67 Å². The molecule has 0 spiro atoms. The normalized spacial score (nSPS) is 23.0. The molecule has 1 aromatic rings. The highest BCUT2D eigenvalue weighted by atomic mass is 19.1. The smallest absolute Gasteiger partial charge is 0.130 e. The van der Waals surface area contributed by atoms with E-state index in [1.54, 1.807) is 13.8 Å². The number of likely N-dealkylation sites (tertiary alicyclic amines) is 1. The van der Waals surface area contributed by atoms with Crippen molar-refractivity contribution in [2.45, 2.75) is 59.2 Å². The van der Waals surface area contributed by atoms with Crippen LogP contribution in [0.2, 0.25) is 0 Å². The van der Waals surface area contributed by atoms with Gasteiger partial charge in [0.2, 0.25) is 0 Å². The first-order valence-electron chi connectivity index (χ1n) is 8.77. The van der Waals surface area contributed by atoms with E-state index in [1.165, 1.54) is 17.5 Å². The molecule has 2 atom stereocenters. The first-order valence-corrected chi connectivity index (χ1v) is 8.77. The quantitative estimate of drug-likeness (QED) is 0.616. The zero-order valence-electron chi connectivity index (χ0n) is 15.5. The van der Waals surface area contributed by atoms with Gasteiger partial charge in [0.15, 0.2) is 0 Å². The predicted molar refractivity (Wildman–Crippen MR) is 99.5 cm³/mol. The third-order valence-corrected chi connectivity index (χ3v) is 4.87. The molecule has 1 fully saturated rings. The lowest BCUT2D eigenvalue weighted by atomic mass is 9.95. The Morgan fingerprint density at radius 3 is 2.50 bits per heavy atom. The van der Waals surface area contributed by atoms with Gasteiger partial charge in [-0.15, -0.1) is 0 Å². The molecule has 0 radical (unpaired) electrons. The van der Waals surface area contributed by atoms with Crippen LogP contribution in [0.3, 0.4) is 0 Å². The van der Waals surface area contributed by atoms with E-state index in [4.69, 9.17) is 5.73 Å². The Hall–Kier alpha value is -1.84. The number of aliphatic imine (C=N–C) groups is 1. The number of hydrogen-bond acceptors (Lipinski definition) is 2. The average molecular weight is 331 g/mol. The van der Waals surface area contributed by atoms with Crippen molar-refractivity contribution in [1.82, 2.24) is 4.90 Å². The van der Waals surface area contributed by atoms with Gasteiger partial charge in [-0.3, -0.25) is 0 Å². The number of rotatable bonds is 5. The maximum Gasteiger partial charge on any atom is 0.130 e. The Kier molecular flexibility index (Phi) is 5.68. The van der Waals surface area contributed by atoms with Gasteiger partial charge in [0.05, 0.1) is 12.4 Å². The molecule has 24 heavy (non-hydrogen) atoms. The van der Waals surface area contributed by atoms with E-state index in [1.807, 2.05) is 12.1 Å². The van der Waals surface area contributed by atoms with Gasteiger partial charge in [-0.1, -0.05) is 38.1 Å². The minimum atomic E-state index is -1.31. The highest BCUT2D eigenvalue weighted by Crippen LogP contribution is 2.39. The average Bonchev–Trinajstić information content (AvgIpc) is 2.92. The molecule has 3 nitrogen and oxygen atoms in total. The van der Waals surface area contributed by atoms with Crippen molar-refractivity contribution in [2.24, 2.45) is 16.6 Å². The lowest BCUT2D eigenvalue weighted by Gasteiger charge is -2.29. The van der Waals surface area contributed by atoms with Gasteiger partial charge in [-0.25, -0.2) is 9.38 Å². The largest absolute Gasteiger partial charge is 0.390 e. The molecule has 4 heteroatoms. The highest BCUT2D eigenvalue weighted by Gasteiger charge is 2.33.